The molecule has 0 amide bonds. The standard InChI is InChI=1S/C16H18BrN/c1-10-4-7-14(15(17)8-10)16(18)13-6-5-11(2)12(3)9-13/h4-9,16H,18H2,1-3H3. The molecule has 0 bridgehead atoms. The van der Waals surface area contributed by atoms with Crippen molar-refractivity contribution < 1.29 is 0 Å². The molecule has 0 aliphatic heterocycles. The van der Waals surface area contributed by atoms with Crippen molar-refractivity contribution in [3.8, 4) is 0 Å². The van der Waals surface area contributed by atoms with Crippen LogP contribution in [-0.2, 0) is 0 Å². The van der Waals surface area contributed by atoms with Crippen molar-refractivity contribution in [1.82, 2.24) is 0 Å². The molecule has 0 radical (unpaired) electrons. The molecular weight excluding hydrogens is 286 g/mol. The molecule has 0 spiro atoms. The van der Waals surface area contributed by atoms with Crippen LogP contribution < -0.4 is 5.73 Å². The zero-order chi connectivity index (χ0) is 13.3. The lowest BCUT2D eigenvalue weighted by Gasteiger charge is -2.16. The van der Waals surface area contributed by atoms with Crippen molar-refractivity contribution in [2.24, 2.45) is 5.73 Å². The highest BCUT2D eigenvalue weighted by atomic mass is 79.9. The van der Waals surface area contributed by atoms with E-state index in [9.17, 15) is 0 Å². The Labute approximate surface area is 117 Å². The minimum absolute atomic E-state index is 0.0840. The number of benzene rings is 2. The summed E-state index contributed by atoms with van der Waals surface area (Å²) in [4.78, 5) is 0. The fourth-order valence-electron chi connectivity index (χ4n) is 2.02. The van der Waals surface area contributed by atoms with Crippen molar-refractivity contribution >= 4 is 15.9 Å². The highest BCUT2D eigenvalue weighted by Gasteiger charge is 2.12. The van der Waals surface area contributed by atoms with E-state index in [-0.39, 0.29) is 6.04 Å². The van der Waals surface area contributed by atoms with Crippen LogP contribution in [-0.4, -0.2) is 0 Å². The smallest absolute Gasteiger partial charge is 0.0562 e. The quantitative estimate of drug-likeness (QED) is 0.873. The number of hydrogen-bond donors (Lipinski definition) is 1. The van der Waals surface area contributed by atoms with Gasteiger partial charge < -0.3 is 5.73 Å². The summed E-state index contributed by atoms with van der Waals surface area (Å²) in [7, 11) is 0. The summed E-state index contributed by atoms with van der Waals surface area (Å²) in [6.45, 7) is 6.32. The molecule has 2 aromatic rings. The second-order valence-corrected chi connectivity index (χ2v) is 5.70. The van der Waals surface area contributed by atoms with E-state index in [4.69, 9.17) is 5.73 Å². The first kappa shape index (κ1) is 13.3. The van der Waals surface area contributed by atoms with Crippen molar-refractivity contribution in [3.63, 3.8) is 0 Å². The van der Waals surface area contributed by atoms with Gasteiger partial charge in [-0.15, -0.1) is 0 Å². The SMILES string of the molecule is Cc1ccc(C(N)c2ccc(C)c(C)c2)c(Br)c1. The highest BCUT2D eigenvalue weighted by molar-refractivity contribution is 9.10. The molecule has 1 nitrogen and oxygen atoms in total. The lowest BCUT2D eigenvalue weighted by molar-refractivity contribution is 0.862. The van der Waals surface area contributed by atoms with E-state index in [1.807, 2.05) is 0 Å². The van der Waals surface area contributed by atoms with Gasteiger partial charge in [-0.05, 0) is 54.7 Å². The molecule has 2 aromatic carbocycles. The first-order valence-corrected chi connectivity index (χ1v) is 6.87. The van der Waals surface area contributed by atoms with Gasteiger partial charge >= 0.3 is 0 Å². The van der Waals surface area contributed by atoms with E-state index in [1.54, 1.807) is 0 Å². The van der Waals surface area contributed by atoms with Gasteiger partial charge in [-0.1, -0.05) is 46.3 Å². The second kappa shape index (κ2) is 5.25. The third-order valence-electron chi connectivity index (χ3n) is 3.38. The maximum Gasteiger partial charge on any atom is 0.0562 e. The fourth-order valence-corrected chi connectivity index (χ4v) is 2.76. The Morgan fingerprint density at radius 2 is 1.67 bits per heavy atom. The summed E-state index contributed by atoms with van der Waals surface area (Å²) in [5, 5.41) is 0. The van der Waals surface area contributed by atoms with Crippen LogP contribution in [0.3, 0.4) is 0 Å². The van der Waals surface area contributed by atoms with Crippen LogP contribution in [0.25, 0.3) is 0 Å². The van der Waals surface area contributed by atoms with Crippen LogP contribution in [0.1, 0.15) is 33.9 Å². The highest BCUT2D eigenvalue weighted by Crippen LogP contribution is 2.28. The van der Waals surface area contributed by atoms with E-state index in [0.717, 1.165) is 15.6 Å². The molecule has 1 atom stereocenters. The van der Waals surface area contributed by atoms with Crippen LogP contribution in [0.15, 0.2) is 40.9 Å². The molecular formula is C16H18BrN. The molecule has 0 aromatic heterocycles. The Hall–Kier alpha value is -1.12. The Morgan fingerprint density at radius 3 is 2.28 bits per heavy atom. The van der Waals surface area contributed by atoms with Gasteiger partial charge in [0, 0.05) is 4.47 Å². The largest absolute Gasteiger partial charge is 0.320 e. The molecule has 1 unspecified atom stereocenters. The Morgan fingerprint density at radius 1 is 0.944 bits per heavy atom. The van der Waals surface area contributed by atoms with E-state index in [0.29, 0.717) is 0 Å². The molecule has 94 valence electrons. The van der Waals surface area contributed by atoms with Gasteiger partial charge in [0.15, 0.2) is 0 Å². The Bertz CT molecular complexity index is 575. The van der Waals surface area contributed by atoms with Crippen LogP contribution >= 0.6 is 15.9 Å². The van der Waals surface area contributed by atoms with E-state index in [1.165, 1.54) is 16.7 Å². The molecule has 0 fully saturated rings. The monoisotopic (exact) mass is 303 g/mol. The molecule has 0 aliphatic carbocycles. The molecule has 18 heavy (non-hydrogen) atoms. The molecule has 2 heteroatoms. The summed E-state index contributed by atoms with van der Waals surface area (Å²) < 4.78 is 1.08. The van der Waals surface area contributed by atoms with Crippen LogP contribution in [0, 0.1) is 20.8 Å². The van der Waals surface area contributed by atoms with Gasteiger partial charge in [-0.25, -0.2) is 0 Å². The fraction of sp³-hybridized carbons (Fsp3) is 0.250. The normalized spacial score (nSPS) is 12.5. The number of nitrogens with two attached hydrogens (primary N) is 1. The number of hydrogen-bond acceptors (Lipinski definition) is 1. The topological polar surface area (TPSA) is 26.0 Å². The summed E-state index contributed by atoms with van der Waals surface area (Å²) >= 11 is 3.60. The summed E-state index contributed by atoms with van der Waals surface area (Å²) in [5.74, 6) is 0. The van der Waals surface area contributed by atoms with Crippen LogP contribution in [0.2, 0.25) is 0 Å². The summed E-state index contributed by atoms with van der Waals surface area (Å²) in [5.41, 5.74) is 12.5. The third-order valence-corrected chi connectivity index (χ3v) is 4.07. The summed E-state index contributed by atoms with van der Waals surface area (Å²) in [6, 6.07) is 12.6. The van der Waals surface area contributed by atoms with E-state index < -0.39 is 0 Å². The lowest BCUT2D eigenvalue weighted by Crippen LogP contribution is -2.12. The van der Waals surface area contributed by atoms with Crippen molar-refractivity contribution in [2.75, 3.05) is 0 Å². The minimum atomic E-state index is -0.0840. The van der Waals surface area contributed by atoms with Crippen LogP contribution in [0.5, 0.6) is 0 Å². The summed E-state index contributed by atoms with van der Waals surface area (Å²) in [6.07, 6.45) is 0. The molecule has 2 N–H and O–H groups in total. The number of aryl methyl sites for hydroxylation is 3. The lowest BCUT2D eigenvalue weighted by atomic mass is 9.96. The molecule has 0 heterocycles. The van der Waals surface area contributed by atoms with Gasteiger partial charge in [-0.3, -0.25) is 0 Å². The van der Waals surface area contributed by atoms with Gasteiger partial charge in [0.1, 0.15) is 0 Å². The molecule has 0 saturated carbocycles. The Kier molecular flexibility index (Phi) is 3.88. The molecule has 0 saturated heterocycles. The van der Waals surface area contributed by atoms with Gasteiger partial charge in [0.25, 0.3) is 0 Å². The van der Waals surface area contributed by atoms with E-state index in [2.05, 4.69) is 73.1 Å². The average Bonchev–Trinajstić information content (AvgIpc) is 2.32. The number of halogens is 1. The predicted molar refractivity (Wildman–Crippen MR) is 80.8 cm³/mol. The van der Waals surface area contributed by atoms with E-state index >= 15 is 0 Å². The predicted octanol–water partition coefficient (Wildman–Crippen LogP) is 4.42. The zero-order valence-electron chi connectivity index (χ0n) is 11.0. The maximum atomic E-state index is 6.36. The van der Waals surface area contributed by atoms with Crippen molar-refractivity contribution in [3.05, 3.63) is 68.7 Å². The van der Waals surface area contributed by atoms with Crippen molar-refractivity contribution in [1.29, 1.82) is 0 Å². The third kappa shape index (κ3) is 2.65. The molecule has 0 aliphatic rings. The van der Waals surface area contributed by atoms with Gasteiger partial charge in [0.2, 0.25) is 0 Å². The second-order valence-electron chi connectivity index (χ2n) is 4.85. The van der Waals surface area contributed by atoms with Crippen molar-refractivity contribution in [2.45, 2.75) is 26.8 Å². The number of rotatable bonds is 2. The van der Waals surface area contributed by atoms with Crippen LogP contribution in [0.4, 0.5) is 0 Å². The average molecular weight is 304 g/mol. The zero-order valence-corrected chi connectivity index (χ0v) is 12.6. The van der Waals surface area contributed by atoms with Gasteiger partial charge in [-0.2, -0.15) is 0 Å². The first-order chi connectivity index (χ1) is 8.49. The molecule has 2 rings (SSSR count). The minimum Gasteiger partial charge on any atom is -0.320 e. The first-order valence-electron chi connectivity index (χ1n) is 6.08. The maximum absolute atomic E-state index is 6.36. The van der Waals surface area contributed by atoms with Gasteiger partial charge in [0.05, 0.1) is 6.04 Å². The Balaban J connectivity index is 2.41.